The van der Waals surface area contributed by atoms with E-state index in [0.29, 0.717) is 24.8 Å². The lowest BCUT2D eigenvalue weighted by Crippen LogP contribution is -2.38. The van der Waals surface area contributed by atoms with Crippen molar-refractivity contribution >= 4 is 11.9 Å². The van der Waals surface area contributed by atoms with Crippen LogP contribution in [-0.2, 0) is 9.59 Å². The zero-order chi connectivity index (χ0) is 11.5. The van der Waals surface area contributed by atoms with Crippen LogP contribution in [-0.4, -0.2) is 35.0 Å². The monoisotopic (exact) mass is 225 g/mol. The molecule has 0 aromatic carbocycles. The Hall–Kier alpha value is -1.06. The van der Waals surface area contributed by atoms with E-state index in [2.05, 4.69) is 0 Å². The van der Waals surface area contributed by atoms with Crippen LogP contribution in [0.25, 0.3) is 0 Å². The summed E-state index contributed by atoms with van der Waals surface area (Å²) in [7, 11) is 0. The van der Waals surface area contributed by atoms with Gasteiger partial charge in [-0.25, -0.2) is 0 Å². The molecule has 16 heavy (non-hydrogen) atoms. The summed E-state index contributed by atoms with van der Waals surface area (Å²) >= 11 is 0. The molecule has 0 aromatic rings. The fourth-order valence-electron chi connectivity index (χ4n) is 2.10. The normalized spacial score (nSPS) is 20.2. The summed E-state index contributed by atoms with van der Waals surface area (Å²) in [6, 6.07) is 0. The van der Waals surface area contributed by atoms with Crippen LogP contribution < -0.4 is 0 Å². The van der Waals surface area contributed by atoms with Gasteiger partial charge in [-0.2, -0.15) is 0 Å². The number of rotatable bonds is 6. The molecule has 1 amide bonds. The van der Waals surface area contributed by atoms with Crippen LogP contribution in [0.1, 0.15) is 38.5 Å². The first-order valence-electron chi connectivity index (χ1n) is 6.14. The Bertz CT molecular complexity index is 282. The van der Waals surface area contributed by atoms with Gasteiger partial charge in [-0.15, -0.1) is 0 Å². The average molecular weight is 225 g/mol. The zero-order valence-corrected chi connectivity index (χ0v) is 9.52. The second kappa shape index (κ2) is 4.85. The zero-order valence-electron chi connectivity index (χ0n) is 9.52. The summed E-state index contributed by atoms with van der Waals surface area (Å²) in [6.45, 7) is 0.528. The highest BCUT2D eigenvalue weighted by Gasteiger charge is 2.30. The van der Waals surface area contributed by atoms with Crippen molar-refractivity contribution in [3.05, 3.63) is 0 Å². The molecule has 0 atom stereocenters. The maximum absolute atomic E-state index is 11.9. The summed E-state index contributed by atoms with van der Waals surface area (Å²) < 4.78 is 0. The molecule has 4 heteroatoms. The second-order valence-corrected chi connectivity index (χ2v) is 5.11. The highest BCUT2D eigenvalue weighted by atomic mass is 16.4. The number of amides is 1. The van der Waals surface area contributed by atoms with E-state index in [4.69, 9.17) is 5.11 Å². The van der Waals surface area contributed by atoms with Crippen LogP contribution in [0.3, 0.4) is 0 Å². The molecule has 0 spiro atoms. The van der Waals surface area contributed by atoms with Gasteiger partial charge in [-0.3, -0.25) is 9.59 Å². The fourth-order valence-corrected chi connectivity index (χ4v) is 2.10. The van der Waals surface area contributed by atoms with Gasteiger partial charge in [0.15, 0.2) is 0 Å². The van der Waals surface area contributed by atoms with Gasteiger partial charge >= 0.3 is 5.97 Å². The van der Waals surface area contributed by atoms with Gasteiger partial charge < -0.3 is 10.0 Å². The minimum Gasteiger partial charge on any atom is -0.480 e. The van der Waals surface area contributed by atoms with E-state index in [0.717, 1.165) is 25.7 Å². The Labute approximate surface area is 95.6 Å². The first-order chi connectivity index (χ1) is 7.65. The number of hydrogen-bond acceptors (Lipinski definition) is 2. The summed E-state index contributed by atoms with van der Waals surface area (Å²) in [5, 5.41) is 8.78. The largest absolute Gasteiger partial charge is 0.480 e. The molecule has 0 saturated heterocycles. The molecule has 0 aromatic heterocycles. The first-order valence-corrected chi connectivity index (χ1v) is 6.14. The Morgan fingerprint density at radius 3 is 2.25 bits per heavy atom. The third kappa shape index (κ3) is 3.22. The van der Waals surface area contributed by atoms with Crippen molar-refractivity contribution in [2.24, 2.45) is 11.8 Å². The number of carbonyl (C=O) groups is 2. The van der Waals surface area contributed by atoms with Gasteiger partial charge in [0.1, 0.15) is 6.54 Å². The molecule has 0 bridgehead atoms. The SMILES string of the molecule is O=C(O)CN(CC1CC1)C(=O)CC1CCC1. The Morgan fingerprint density at radius 2 is 1.81 bits per heavy atom. The number of carbonyl (C=O) groups excluding carboxylic acids is 1. The Morgan fingerprint density at radius 1 is 1.12 bits per heavy atom. The van der Waals surface area contributed by atoms with Gasteiger partial charge in [0.05, 0.1) is 0 Å². The standard InChI is InChI=1S/C12H19NO3/c14-11(6-9-2-1-3-9)13(8-12(15)16)7-10-4-5-10/h9-10H,1-8H2,(H,15,16). The molecule has 0 aliphatic heterocycles. The Kier molecular flexibility index (Phi) is 3.46. The Balaban J connectivity index is 1.81. The van der Waals surface area contributed by atoms with E-state index in [1.807, 2.05) is 0 Å². The van der Waals surface area contributed by atoms with Crippen molar-refractivity contribution in [3.8, 4) is 0 Å². The van der Waals surface area contributed by atoms with Crippen molar-refractivity contribution in [1.82, 2.24) is 4.90 Å². The average Bonchev–Trinajstić information content (AvgIpc) is 2.93. The van der Waals surface area contributed by atoms with Crippen LogP contribution in [0.15, 0.2) is 0 Å². The molecule has 2 fully saturated rings. The van der Waals surface area contributed by atoms with Gasteiger partial charge in [-0.1, -0.05) is 6.42 Å². The molecule has 4 nitrogen and oxygen atoms in total. The molecular formula is C12H19NO3. The minimum absolute atomic E-state index is 0.0407. The van der Waals surface area contributed by atoms with Crippen molar-refractivity contribution < 1.29 is 14.7 Å². The molecule has 0 radical (unpaired) electrons. The molecule has 90 valence electrons. The highest BCUT2D eigenvalue weighted by Crippen LogP contribution is 2.32. The van der Waals surface area contributed by atoms with Crippen LogP contribution >= 0.6 is 0 Å². The van der Waals surface area contributed by atoms with Crippen LogP contribution in [0.2, 0.25) is 0 Å². The van der Waals surface area contributed by atoms with Crippen molar-refractivity contribution in [1.29, 1.82) is 0 Å². The smallest absolute Gasteiger partial charge is 0.323 e. The number of nitrogens with zero attached hydrogens (tertiary/aromatic N) is 1. The first kappa shape index (κ1) is 11.4. The molecule has 1 N–H and O–H groups in total. The van der Waals surface area contributed by atoms with Crippen LogP contribution in [0.5, 0.6) is 0 Å². The van der Waals surface area contributed by atoms with E-state index in [-0.39, 0.29) is 12.5 Å². The van der Waals surface area contributed by atoms with Crippen LogP contribution in [0, 0.1) is 11.8 Å². The lowest BCUT2D eigenvalue weighted by Gasteiger charge is -2.28. The number of carboxylic acid groups (broad SMARTS) is 1. The van der Waals surface area contributed by atoms with Gasteiger partial charge in [0.2, 0.25) is 5.91 Å². The predicted octanol–water partition coefficient (Wildman–Crippen LogP) is 1.50. The predicted molar refractivity (Wildman–Crippen MR) is 58.9 cm³/mol. The summed E-state index contributed by atoms with van der Waals surface area (Å²) in [6.07, 6.45) is 6.34. The van der Waals surface area contributed by atoms with Gasteiger partial charge in [0.25, 0.3) is 0 Å². The molecule has 2 saturated carbocycles. The van der Waals surface area contributed by atoms with Crippen molar-refractivity contribution in [2.45, 2.75) is 38.5 Å². The van der Waals surface area contributed by atoms with Gasteiger partial charge in [-0.05, 0) is 37.5 Å². The summed E-state index contributed by atoms with van der Waals surface area (Å²) in [5.41, 5.74) is 0. The molecule has 2 aliphatic rings. The van der Waals surface area contributed by atoms with Crippen molar-refractivity contribution in [2.75, 3.05) is 13.1 Å². The van der Waals surface area contributed by atoms with Gasteiger partial charge in [0, 0.05) is 13.0 Å². The van der Waals surface area contributed by atoms with E-state index in [1.54, 1.807) is 4.90 Å². The van der Waals surface area contributed by atoms with E-state index >= 15 is 0 Å². The molecular weight excluding hydrogens is 206 g/mol. The lowest BCUT2D eigenvalue weighted by molar-refractivity contribution is -0.145. The van der Waals surface area contributed by atoms with E-state index in [1.165, 1.54) is 6.42 Å². The third-order valence-corrected chi connectivity index (χ3v) is 3.54. The van der Waals surface area contributed by atoms with Crippen molar-refractivity contribution in [3.63, 3.8) is 0 Å². The third-order valence-electron chi connectivity index (χ3n) is 3.54. The molecule has 0 heterocycles. The summed E-state index contributed by atoms with van der Waals surface area (Å²) in [4.78, 5) is 24.1. The topological polar surface area (TPSA) is 57.6 Å². The maximum atomic E-state index is 11.9. The molecule has 2 rings (SSSR count). The maximum Gasteiger partial charge on any atom is 0.323 e. The van der Waals surface area contributed by atoms with Crippen LogP contribution in [0.4, 0.5) is 0 Å². The highest BCUT2D eigenvalue weighted by molar-refractivity contribution is 5.81. The molecule has 0 unspecified atom stereocenters. The van der Waals surface area contributed by atoms with E-state index in [9.17, 15) is 9.59 Å². The quantitative estimate of drug-likeness (QED) is 0.745. The number of carboxylic acids is 1. The second-order valence-electron chi connectivity index (χ2n) is 5.11. The van der Waals surface area contributed by atoms with E-state index < -0.39 is 5.97 Å². The fraction of sp³-hybridized carbons (Fsp3) is 0.833. The number of hydrogen-bond donors (Lipinski definition) is 1. The number of aliphatic carboxylic acids is 1. The molecule has 2 aliphatic carbocycles. The lowest BCUT2D eigenvalue weighted by atomic mass is 9.82. The summed E-state index contributed by atoms with van der Waals surface area (Å²) in [5.74, 6) is 0.217. The minimum atomic E-state index is -0.900.